The van der Waals surface area contributed by atoms with Crippen LogP contribution in [-0.2, 0) is 4.79 Å². The number of ketones is 1. The van der Waals surface area contributed by atoms with Gasteiger partial charge in [0, 0.05) is 11.8 Å². The van der Waals surface area contributed by atoms with Crippen molar-refractivity contribution in [1.29, 1.82) is 0 Å². The standard InChI is InChI=1S/C10H12O/c1-10(2)8-5-3-4-7(8)6-9(10)11/h3-4H,5-6H2,1-2H3. The molecule has 0 aromatic carbocycles. The lowest BCUT2D eigenvalue weighted by atomic mass is 9.84. The van der Waals surface area contributed by atoms with Crippen LogP contribution in [0, 0.1) is 5.41 Å². The summed E-state index contributed by atoms with van der Waals surface area (Å²) in [5.41, 5.74) is 2.46. The summed E-state index contributed by atoms with van der Waals surface area (Å²) in [6.45, 7) is 4.06. The van der Waals surface area contributed by atoms with Gasteiger partial charge < -0.3 is 0 Å². The molecule has 0 radical (unpaired) electrons. The van der Waals surface area contributed by atoms with Crippen LogP contribution in [-0.4, -0.2) is 5.78 Å². The summed E-state index contributed by atoms with van der Waals surface area (Å²) in [5.74, 6) is 0.381. The van der Waals surface area contributed by atoms with E-state index in [1.54, 1.807) is 0 Å². The maximum atomic E-state index is 11.4. The molecule has 2 aliphatic carbocycles. The average Bonchev–Trinajstić information content (AvgIpc) is 2.41. The van der Waals surface area contributed by atoms with Crippen LogP contribution in [0.4, 0.5) is 0 Å². The van der Waals surface area contributed by atoms with E-state index in [0.29, 0.717) is 12.2 Å². The molecule has 0 heterocycles. The number of allylic oxidation sites excluding steroid dienone is 4. The molecule has 0 saturated heterocycles. The molecule has 1 nitrogen and oxygen atoms in total. The van der Waals surface area contributed by atoms with Gasteiger partial charge in [0.05, 0.1) is 0 Å². The van der Waals surface area contributed by atoms with Gasteiger partial charge in [-0.2, -0.15) is 0 Å². The van der Waals surface area contributed by atoms with Crippen molar-refractivity contribution in [2.24, 2.45) is 5.41 Å². The number of carbonyl (C=O) groups is 1. The molecule has 0 N–H and O–H groups in total. The zero-order valence-electron chi connectivity index (χ0n) is 6.98. The van der Waals surface area contributed by atoms with Gasteiger partial charge in [-0.15, -0.1) is 0 Å². The van der Waals surface area contributed by atoms with Crippen molar-refractivity contribution in [3.63, 3.8) is 0 Å². The van der Waals surface area contributed by atoms with Crippen molar-refractivity contribution in [1.82, 2.24) is 0 Å². The molecule has 0 amide bonds. The topological polar surface area (TPSA) is 17.1 Å². The number of carbonyl (C=O) groups excluding carboxylic acids is 1. The van der Waals surface area contributed by atoms with Gasteiger partial charge >= 0.3 is 0 Å². The van der Waals surface area contributed by atoms with E-state index in [2.05, 4.69) is 12.2 Å². The van der Waals surface area contributed by atoms with Gasteiger partial charge in [-0.25, -0.2) is 0 Å². The molecule has 2 aliphatic rings. The highest BCUT2D eigenvalue weighted by Gasteiger charge is 2.39. The first-order valence-electron chi connectivity index (χ1n) is 4.05. The van der Waals surface area contributed by atoms with Crippen molar-refractivity contribution < 1.29 is 4.79 Å². The highest BCUT2D eigenvalue weighted by atomic mass is 16.1. The Bertz CT molecular complexity index is 279. The zero-order chi connectivity index (χ0) is 8.06. The van der Waals surface area contributed by atoms with Crippen molar-refractivity contribution >= 4 is 5.78 Å². The zero-order valence-corrected chi connectivity index (χ0v) is 6.98. The van der Waals surface area contributed by atoms with E-state index < -0.39 is 0 Å². The minimum atomic E-state index is -0.168. The Morgan fingerprint density at radius 3 is 2.82 bits per heavy atom. The molecule has 1 heteroatoms. The van der Waals surface area contributed by atoms with Gasteiger partial charge in [0.15, 0.2) is 0 Å². The van der Waals surface area contributed by atoms with Crippen LogP contribution >= 0.6 is 0 Å². The molecular weight excluding hydrogens is 136 g/mol. The molecule has 11 heavy (non-hydrogen) atoms. The predicted octanol–water partition coefficient (Wildman–Crippen LogP) is 2.24. The van der Waals surface area contributed by atoms with E-state index >= 15 is 0 Å². The van der Waals surface area contributed by atoms with E-state index in [4.69, 9.17) is 0 Å². The lowest BCUT2D eigenvalue weighted by Gasteiger charge is -2.18. The summed E-state index contributed by atoms with van der Waals surface area (Å²) in [4.78, 5) is 11.4. The second-order valence-corrected chi connectivity index (χ2v) is 3.84. The first-order chi connectivity index (χ1) is 5.12. The van der Waals surface area contributed by atoms with Crippen molar-refractivity contribution in [2.75, 3.05) is 0 Å². The molecule has 0 unspecified atom stereocenters. The van der Waals surface area contributed by atoms with Crippen LogP contribution in [0.15, 0.2) is 23.3 Å². The summed E-state index contributed by atoms with van der Waals surface area (Å²) < 4.78 is 0. The predicted molar refractivity (Wildman–Crippen MR) is 44.2 cm³/mol. The van der Waals surface area contributed by atoms with Gasteiger partial charge in [-0.1, -0.05) is 12.2 Å². The molecular formula is C10H12O. The van der Waals surface area contributed by atoms with E-state index in [1.807, 2.05) is 13.8 Å². The van der Waals surface area contributed by atoms with E-state index in [-0.39, 0.29) is 5.41 Å². The molecule has 58 valence electrons. The Hall–Kier alpha value is -0.850. The highest BCUT2D eigenvalue weighted by molar-refractivity contribution is 5.94. The summed E-state index contributed by atoms with van der Waals surface area (Å²) >= 11 is 0. The quantitative estimate of drug-likeness (QED) is 0.515. The maximum Gasteiger partial charge on any atom is 0.146 e. The Kier molecular flexibility index (Phi) is 1.15. The summed E-state index contributed by atoms with van der Waals surface area (Å²) in [5, 5.41) is 0. The third kappa shape index (κ3) is 0.740. The fourth-order valence-corrected chi connectivity index (χ4v) is 1.94. The lowest BCUT2D eigenvalue weighted by molar-refractivity contribution is -0.123. The Labute approximate surface area is 66.8 Å². The first kappa shape index (κ1) is 6.84. The molecule has 0 aromatic heterocycles. The van der Waals surface area contributed by atoms with Crippen LogP contribution in [0.2, 0.25) is 0 Å². The van der Waals surface area contributed by atoms with Gasteiger partial charge in [0.2, 0.25) is 0 Å². The van der Waals surface area contributed by atoms with Crippen molar-refractivity contribution in [3.8, 4) is 0 Å². The van der Waals surface area contributed by atoms with Crippen LogP contribution in [0.3, 0.4) is 0 Å². The molecule has 0 aromatic rings. The molecule has 0 fully saturated rings. The second kappa shape index (κ2) is 1.84. The smallest absolute Gasteiger partial charge is 0.146 e. The largest absolute Gasteiger partial charge is 0.298 e. The number of Topliss-reactive ketones (excluding diaryl/α,β-unsaturated/α-hetero) is 1. The Morgan fingerprint density at radius 2 is 2.18 bits per heavy atom. The van der Waals surface area contributed by atoms with Gasteiger partial charge in [-0.05, 0) is 31.4 Å². The van der Waals surface area contributed by atoms with E-state index in [0.717, 1.165) is 6.42 Å². The molecule has 0 atom stereocenters. The normalized spacial score (nSPS) is 26.5. The molecule has 0 bridgehead atoms. The number of hydrogen-bond donors (Lipinski definition) is 0. The monoisotopic (exact) mass is 148 g/mol. The maximum absolute atomic E-state index is 11.4. The van der Waals surface area contributed by atoms with Crippen LogP contribution in [0.5, 0.6) is 0 Å². The van der Waals surface area contributed by atoms with Gasteiger partial charge in [-0.3, -0.25) is 4.79 Å². The number of hydrogen-bond acceptors (Lipinski definition) is 1. The third-order valence-corrected chi connectivity index (χ3v) is 2.83. The highest BCUT2D eigenvalue weighted by Crippen LogP contribution is 2.44. The fourth-order valence-electron chi connectivity index (χ4n) is 1.94. The Balaban J connectivity index is 2.46. The SMILES string of the molecule is CC1(C)C(=O)CC2=C1CC=C2. The van der Waals surface area contributed by atoms with Gasteiger partial charge in [0.1, 0.15) is 5.78 Å². The summed E-state index contributed by atoms with van der Waals surface area (Å²) in [6, 6.07) is 0. The second-order valence-electron chi connectivity index (χ2n) is 3.84. The minimum absolute atomic E-state index is 0.168. The summed E-state index contributed by atoms with van der Waals surface area (Å²) in [7, 11) is 0. The molecule has 0 saturated carbocycles. The van der Waals surface area contributed by atoms with Crippen LogP contribution < -0.4 is 0 Å². The third-order valence-electron chi connectivity index (χ3n) is 2.83. The fraction of sp³-hybridized carbons (Fsp3) is 0.500. The number of rotatable bonds is 0. The minimum Gasteiger partial charge on any atom is -0.298 e. The Morgan fingerprint density at radius 1 is 1.45 bits per heavy atom. The van der Waals surface area contributed by atoms with E-state index in [9.17, 15) is 4.79 Å². The van der Waals surface area contributed by atoms with Crippen molar-refractivity contribution in [2.45, 2.75) is 26.7 Å². The van der Waals surface area contributed by atoms with E-state index in [1.165, 1.54) is 11.1 Å². The summed E-state index contributed by atoms with van der Waals surface area (Å²) in [6.07, 6.45) is 5.91. The van der Waals surface area contributed by atoms with Crippen molar-refractivity contribution in [3.05, 3.63) is 23.3 Å². The average molecular weight is 148 g/mol. The molecule has 0 aliphatic heterocycles. The first-order valence-corrected chi connectivity index (χ1v) is 4.05. The van der Waals surface area contributed by atoms with Crippen LogP contribution in [0.25, 0.3) is 0 Å². The van der Waals surface area contributed by atoms with Crippen LogP contribution in [0.1, 0.15) is 26.7 Å². The molecule has 2 rings (SSSR count). The van der Waals surface area contributed by atoms with Gasteiger partial charge in [0.25, 0.3) is 0 Å². The molecule has 0 spiro atoms. The lowest BCUT2D eigenvalue weighted by Crippen LogP contribution is -2.20.